The van der Waals surface area contributed by atoms with Gasteiger partial charge in [-0.25, -0.2) is 22.7 Å². The Morgan fingerprint density at radius 2 is 2.00 bits per heavy atom. The van der Waals surface area contributed by atoms with Gasteiger partial charge < -0.3 is 9.47 Å². The van der Waals surface area contributed by atoms with Crippen LogP contribution in [0.15, 0.2) is 21.5 Å². The first-order valence-corrected chi connectivity index (χ1v) is 8.27. The molecule has 1 rings (SSSR count). The van der Waals surface area contributed by atoms with E-state index in [0.29, 0.717) is 0 Å². The maximum Gasteiger partial charge on any atom is 0.339 e. The maximum atomic E-state index is 13.5. The fourth-order valence-electron chi connectivity index (χ4n) is 1.40. The Labute approximate surface area is 130 Å². The van der Waals surface area contributed by atoms with Crippen molar-refractivity contribution in [3.05, 3.63) is 28.0 Å². The molecule has 0 spiro atoms. The number of benzene rings is 1. The number of nitrogens with two attached hydrogens (primary N) is 1. The van der Waals surface area contributed by atoms with E-state index in [1.165, 1.54) is 0 Å². The van der Waals surface area contributed by atoms with Crippen LogP contribution in [0.5, 0.6) is 0 Å². The van der Waals surface area contributed by atoms with E-state index in [1.807, 2.05) is 13.8 Å². The first-order valence-electron chi connectivity index (χ1n) is 5.93. The molecule has 0 saturated carbocycles. The molecule has 118 valence electrons. The smallest absolute Gasteiger partial charge is 0.339 e. The van der Waals surface area contributed by atoms with Crippen molar-refractivity contribution in [2.45, 2.75) is 24.8 Å². The van der Waals surface area contributed by atoms with E-state index in [4.69, 9.17) is 14.6 Å². The van der Waals surface area contributed by atoms with Gasteiger partial charge in [-0.1, -0.05) is 0 Å². The number of esters is 1. The van der Waals surface area contributed by atoms with Gasteiger partial charge in [0, 0.05) is 4.47 Å². The zero-order valence-electron chi connectivity index (χ0n) is 11.4. The van der Waals surface area contributed by atoms with E-state index in [-0.39, 0.29) is 29.4 Å². The predicted octanol–water partition coefficient (Wildman–Crippen LogP) is 1.82. The van der Waals surface area contributed by atoms with Gasteiger partial charge in [0.1, 0.15) is 17.3 Å². The monoisotopic (exact) mass is 383 g/mol. The molecule has 0 saturated heterocycles. The Morgan fingerprint density at radius 3 is 2.52 bits per heavy atom. The van der Waals surface area contributed by atoms with Crippen LogP contribution in [0.1, 0.15) is 24.2 Å². The molecule has 0 aliphatic carbocycles. The van der Waals surface area contributed by atoms with E-state index < -0.39 is 26.7 Å². The van der Waals surface area contributed by atoms with E-state index in [1.54, 1.807) is 0 Å². The summed E-state index contributed by atoms with van der Waals surface area (Å²) >= 11 is 2.97. The highest BCUT2D eigenvalue weighted by molar-refractivity contribution is 9.10. The molecule has 0 atom stereocenters. The summed E-state index contributed by atoms with van der Waals surface area (Å²) in [6.45, 7) is 3.85. The molecule has 0 aromatic heterocycles. The summed E-state index contributed by atoms with van der Waals surface area (Å²) in [5.74, 6) is -1.86. The highest BCUT2D eigenvalue weighted by atomic mass is 79.9. The molecule has 0 fully saturated rings. The van der Waals surface area contributed by atoms with Crippen LogP contribution in [0.4, 0.5) is 4.39 Å². The van der Waals surface area contributed by atoms with Gasteiger partial charge in [0.15, 0.2) is 0 Å². The quantitative estimate of drug-likeness (QED) is 0.596. The second kappa shape index (κ2) is 7.30. The number of halogens is 2. The number of carbonyl (C=O) groups is 1. The molecule has 1 aromatic rings. The van der Waals surface area contributed by atoms with Crippen LogP contribution in [0.25, 0.3) is 0 Å². The number of hydrogen-bond donors (Lipinski definition) is 1. The van der Waals surface area contributed by atoms with Crippen molar-refractivity contribution in [3.8, 4) is 0 Å². The second-order valence-corrected chi connectivity index (χ2v) is 6.75. The van der Waals surface area contributed by atoms with Crippen LogP contribution in [-0.2, 0) is 19.5 Å². The lowest BCUT2D eigenvalue weighted by Crippen LogP contribution is -2.17. The fourth-order valence-corrected chi connectivity index (χ4v) is 2.49. The Kier molecular flexibility index (Phi) is 6.26. The van der Waals surface area contributed by atoms with Crippen LogP contribution in [0.3, 0.4) is 0 Å². The molecule has 0 unspecified atom stereocenters. The van der Waals surface area contributed by atoms with Crippen molar-refractivity contribution < 1.29 is 27.1 Å². The van der Waals surface area contributed by atoms with E-state index in [2.05, 4.69) is 15.9 Å². The van der Waals surface area contributed by atoms with Crippen LogP contribution >= 0.6 is 15.9 Å². The van der Waals surface area contributed by atoms with Gasteiger partial charge >= 0.3 is 5.97 Å². The number of rotatable bonds is 6. The third-order valence-corrected chi connectivity index (χ3v) is 3.90. The van der Waals surface area contributed by atoms with Crippen molar-refractivity contribution in [3.63, 3.8) is 0 Å². The first kappa shape index (κ1) is 18.0. The normalized spacial score (nSPS) is 11.7. The molecule has 0 heterocycles. The molecule has 0 aliphatic heterocycles. The summed E-state index contributed by atoms with van der Waals surface area (Å²) in [7, 11) is -4.27. The molecule has 0 bridgehead atoms. The van der Waals surface area contributed by atoms with Gasteiger partial charge in [0.05, 0.1) is 18.3 Å². The molecule has 0 radical (unpaired) electrons. The Bertz CT molecular complexity index is 633. The predicted molar refractivity (Wildman–Crippen MR) is 76.8 cm³/mol. The lowest BCUT2D eigenvalue weighted by atomic mass is 10.2. The first-order chi connectivity index (χ1) is 9.62. The standard InChI is InChI=1S/C12H15BrFNO5S/c1-7(2)19-3-4-20-12(16)8-5-11(21(15,17)18)10(14)6-9(8)13/h5-7H,3-4H2,1-2H3,(H2,15,17,18). The summed E-state index contributed by atoms with van der Waals surface area (Å²) in [5.41, 5.74) is -0.134. The van der Waals surface area contributed by atoms with Crippen molar-refractivity contribution in [2.24, 2.45) is 5.14 Å². The lowest BCUT2D eigenvalue weighted by Gasteiger charge is -2.10. The lowest BCUT2D eigenvalue weighted by molar-refractivity contribution is 0.0176. The van der Waals surface area contributed by atoms with Crippen LogP contribution in [-0.4, -0.2) is 33.7 Å². The molecule has 2 N–H and O–H groups in total. The molecule has 21 heavy (non-hydrogen) atoms. The number of hydrogen-bond acceptors (Lipinski definition) is 5. The highest BCUT2D eigenvalue weighted by Crippen LogP contribution is 2.24. The van der Waals surface area contributed by atoms with Crippen molar-refractivity contribution >= 4 is 31.9 Å². The summed E-state index contributed by atoms with van der Waals surface area (Å²) in [6.07, 6.45) is -0.00440. The maximum absolute atomic E-state index is 13.5. The van der Waals surface area contributed by atoms with Gasteiger partial charge in [-0.3, -0.25) is 0 Å². The minimum absolute atomic E-state index is 0.00440. The minimum atomic E-state index is -4.27. The van der Waals surface area contributed by atoms with Gasteiger partial charge in [-0.15, -0.1) is 0 Å². The number of primary sulfonamides is 1. The second-order valence-electron chi connectivity index (χ2n) is 4.36. The van der Waals surface area contributed by atoms with Crippen molar-refractivity contribution in [2.75, 3.05) is 13.2 Å². The third-order valence-electron chi connectivity index (χ3n) is 2.32. The summed E-state index contributed by atoms with van der Waals surface area (Å²) < 4.78 is 46.2. The molecule has 9 heteroatoms. The summed E-state index contributed by atoms with van der Waals surface area (Å²) in [5, 5.41) is 4.88. The molecular weight excluding hydrogens is 369 g/mol. The topological polar surface area (TPSA) is 95.7 Å². The van der Waals surface area contributed by atoms with Gasteiger partial charge in [-0.2, -0.15) is 0 Å². The van der Waals surface area contributed by atoms with Crippen LogP contribution < -0.4 is 5.14 Å². The summed E-state index contributed by atoms with van der Waals surface area (Å²) in [4.78, 5) is 11.1. The third kappa shape index (κ3) is 5.34. The average molecular weight is 384 g/mol. The fraction of sp³-hybridized carbons (Fsp3) is 0.417. The van der Waals surface area contributed by atoms with Crippen molar-refractivity contribution in [1.29, 1.82) is 0 Å². The zero-order chi connectivity index (χ0) is 16.2. The Hall–Kier alpha value is -1.03. The van der Waals surface area contributed by atoms with Gasteiger partial charge in [0.2, 0.25) is 10.0 Å². The summed E-state index contributed by atoms with van der Waals surface area (Å²) in [6, 6.07) is 1.68. The molecule has 0 aliphatic rings. The van der Waals surface area contributed by atoms with E-state index >= 15 is 0 Å². The average Bonchev–Trinajstić information content (AvgIpc) is 2.32. The largest absolute Gasteiger partial charge is 0.460 e. The number of carbonyl (C=O) groups excluding carboxylic acids is 1. The van der Waals surface area contributed by atoms with E-state index in [9.17, 15) is 17.6 Å². The highest BCUT2D eigenvalue weighted by Gasteiger charge is 2.21. The Balaban J connectivity index is 2.90. The molecule has 0 amide bonds. The molecule has 1 aromatic carbocycles. The molecular formula is C12H15BrFNO5S. The van der Waals surface area contributed by atoms with Crippen LogP contribution in [0, 0.1) is 5.82 Å². The van der Waals surface area contributed by atoms with E-state index in [0.717, 1.165) is 12.1 Å². The SMILES string of the molecule is CC(C)OCCOC(=O)c1cc(S(N)(=O)=O)c(F)cc1Br. The van der Waals surface area contributed by atoms with Gasteiger partial charge in [0.25, 0.3) is 0 Å². The van der Waals surface area contributed by atoms with Crippen LogP contribution in [0.2, 0.25) is 0 Å². The number of ether oxygens (including phenoxy) is 2. The Morgan fingerprint density at radius 1 is 1.38 bits per heavy atom. The van der Waals surface area contributed by atoms with Crippen molar-refractivity contribution in [1.82, 2.24) is 0 Å². The molecule has 6 nitrogen and oxygen atoms in total. The minimum Gasteiger partial charge on any atom is -0.460 e. The van der Waals surface area contributed by atoms with Gasteiger partial charge in [-0.05, 0) is 41.9 Å². The zero-order valence-corrected chi connectivity index (χ0v) is 13.8. The number of sulfonamides is 1.